The maximum Gasteiger partial charge on any atom is 0.352 e. The van der Waals surface area contributed by atoms with E-state index in [1.807, 2.05) is 0 Å². The van der Waals surface area contributed by atoms with Crippen LogP contribution in [0.3, 0.4) is 0 Å². The molecule has 1 aromatic rings. The molecule has 0 atom stereocenters. The number of aromatic nitrogens is 1. The number of hydrogen-bond acceptors (Lipinski definition) is 5. The van der Waals surface area contributed by atoms with Crippen LogP contribution in [0.25, 0.3) is 0 Å². The third-order valence-corrected chi connectivity index (χ3v) is 1.63. The minimum absolute atomic E-state index is 0.331. The highest BCUT2D eigenvalue weighted by Gasteiger charge is 2.24. The zero-order valence-corrected chi connectivity index (χ0v) is 7.61. The molecule has 0 amide bonds. The van der Waals surface area contributed by atoms with E-state index in [-0.39, 0.29) is 5.75 Å². The lowest BCUT2D eigenvalue weighted by Gasteiger charge is -2.06. The van der Waals surface area contributed by atoms with Crippen LogP contribution in [0, 0.1) is 10.1 Å². The largest absolute Gasteiger partial charge is 0.490 e. The highest BCUT2D eigenvalue weighted by atomic mass is 19.3. The van der Waals surface area contributed by atoms with Crippen LogP contribution >= 0.6 is 0 Å². The van der Waals surface area contributed by atoms with Crippen LogP contribution in [0.5, 0.6) is 5.75 Å². The number of anilines is 1. The number of nitrogens with two attached hydrogens (primary N) is 1. The molecule has 0 aliphatic rings. The van der Waals surface area contributed by atoms with Crippen LogP contribution in [0.2, 0.25) is 0 Å². The van der Waals surface area contributed by atoms with Gasteiger partial charge in [-0.1, -0.05) is 0 Å². The first-order chi connectivity index (χ1) is 6.97. The van der Waals surface area contributed by atoms with Crippen LogP contribution in [0.15, 0.2) is 6.07 Å². The minimum Gasteiger partial charge on any atom is -0.490 e. The van der Waals surface area contributed by atoms with E-state index in [0.29, 0.717) is 0 Å². The number of halogens is 2. The lowest BCUT2D eigenvalue weighted by molar-refractivity contribution is -0.385. The number of pyridine rings is 1. The summed E-state index contributed by atoms with van der Waals surface area (Å²) in [5.41, 5.74) is 3.90. The molecule has 0 spiro atoms. The Morgan fingerprint density at radius 2 is 2.27 bits per heavy atom. The van der Waals surface area contributed by atoms with Gasteiger partial charge in [0.1, 0.15) is 5.69 Å². The molecule has 0 aliphatic carbocycles. The monoisotopic (exact) mass is 219 g/mol. The van der Waals surface area contributed by atoms with Gasteiger partial charge in [0.2, 0.25) is 11.6 Å². The Morgan fingerprint density at radius 1 is 1.67 bits per heavy atom. The van der Waals surface area contributed by atoms with Gasteiger partial charge >= 0.3 is 5.69 Å². The molecule has 0 fully saturated rings. The van der Waals surface area contributed by atoms with Gasteiger partial charge in [0.15, 0.2) is 0 Å². The van der Waals surface area contributed by atoms with Gasteiger partial charge in [-0.2, -0.15) is 0 Å². The van der Waals surface area contributed by atoms with Crippen molar-refractivity contribution >= 4 is 11.5 Å². The predicted octanol–water partition coefficient (Wildman–Crippen LogP) is 1.52. The normalized spacial score (nSPS) is 10.4. The van der Waals surface area contributed by atoms with Gasteiger partial charge in [-0.05, 0) is 0 Å². The molecule has 1 rings (SSSR count). The van der Waals surface area contributed by atoms with Gasteiger partial charge in [0.25, 0.3) is 6.43 Å². The van der Waals surface area contributed by atoms with Gasteiger partial charge in [-0.25, -0.2) is 13.8 Å². The van der Waals surface area contributed by atoms with Gasteiger partial charge in [-0.3, -0.25) is 10.1 Å². The number of methoxy groups -OCH3 is 1. The maximum absolute atomic E-state index is 12.3. The predicted molar refractivity (Wildman–Crippen MR) is 46.8 cm³/mol. The van der Waals surface area contributed by atoms with Crippen LogP contribution in [0.1, 0.15) is 12.1 Å². The van der Waals surface area contributed by atoms with Crippen molar-refractivity contribution in [3.05, 3.63) is 21.9 Å². The summed E-state index contributed by atoms with van der Waals surface area (Å²) in [5.74, 6) is -0.919. The molecule has 0 radical (unpaired) electrons. The van der Waals surface area contributed by atoms with Crippen molar-refractivity contribution in [1.82, 2.24) is 4.98 Å². The highest BCUT2D eigenvalue weighted by Crippen LogP contribution is 2.34. The fourth-order valence-corrected chi connectivity index (χ4v) is 1.00. The summed E-state index contributed by atoms with van der Waals surface area (Å²) in [6.45, 7) is 0. The van der Waals surface area contributed by atoms with E-state index in [4.69, 9.17) is 5.73 Å². The summed E-state index contributed by atoms with van der Waals surface area (Å²) in [6.07, 6.45) is -2.86. The minimum atomic E-state index is -2.86. The van der Waals surface area contributed by atoms with Gasteiger partial charge < -0.3 is 10.5 Å². The highest BCUT2D eigenvalue weighted by molar-refractivity contribution is 5.62. The zero-order chi connectivity index (χ0) is 11.6. The van der Waals surface area contributed by atoms with Crippen molar-refractivity contribution in [3.63, 3.8) is 0 Å². The molecule has 2 N–H and O–H groups in total. The lowest BCUT2D eigenvalue weighted by atomic mass is 10.3. The smallest absolute Gasteiger partial charge is 0.352 e. The van der Waals surface area contributed by atoms with Gasteiger partial charge in [0.05, 0.1) is 12.0 Å². The Kier molecular flexibility index (Phi) is 2.98. The fourth-order valence-electron chi connectivity index (χ4n) is 1.00. The average Bonchev–Trinajstić information content (AvgIpc) is 2.15. The molecule has 0 aromatic carbocycles. The lowest BCUT2D eigenvalue weighted by Crippen LogP contribution is -2.04. The molecule has 15 heavy (non-hydrogen) atoms. The standard InChI is InChI=1S/C7H7F2N3O3/c1-15-4-2-3(6(8)9)11-7(10)5(4)12(13)14/h2,6H,1H3,(H2,10,11). The Balaban J connectivity index is 3.37. The van der Waals surface area contributed by atoms with E-state index in [2.05, 4.69) is 9.72 Å². The van der Waals surface area contributed by atoms with E-state index in [0.717, 1.165) is 13.2 Å². The Hall–Kier alpha value is -1.99. The van der Waals surface area contributed by atoms with E-state index >= 15 is 0 Å². The molecule has 1 heterocycles. The number of hydrogen-bond donors (Lipinski definition) is 1. The number of nitrogens with zero attached hydrogens (tertiary/aromatic N) is 2. The van der Waals surface area contributed by atoms with Crippen molar-refractivity contribution < 1.29 is 18.4 Å². The first kappa shape index (κ1) is 11.1. The van der Waals surface area contributed by atoms with Gasteiger partial charge in [0, 0.05) is 6.07 Å². The second kappa shape index (κ2) is 4.03. The first-order valence-electron chi connectivity index (χ1n) is 3.74. The number of nitro groups is 1. The first-order valence-corrected chi connectivity index (χ1v) is 3.74. The van der Waals surface area contributed by atoms with Crippen molar-refractivity contribution in [2.24, 2.45) is 0 Å². The fraction of sp³-hybridized carbons (Fsp3) is 0.286. The van der Waals surface area contributed by atoms with E-state index < -0.39 is 28.5 Å². The molecule has 0 aliphatic heterocycles. The molecule has 0 bridgehead atoms. The topological polar surface area (TPSA) is 91.3 Å². The third kappa shape index (κ3) is 2.09. The summed E-state index contributed by atoms with van der Waals surface area (Å²) in [5, 5.41) is 10.5. The number of rotatable bonds is 3. The van der Waals surface area contributed by atoms with Crippen LogP contribution in [0.4, 0.5) is 20.3 Å². The molecular formula is C7H7F2N3O3. The summed E-state index contributed by atoms with van der Waals surface area (Å²) in [6, 6.07) is 0.791. The summed E-state index contributed by atoms with van der Waals surface area (Å²) in [7, 11) is 1.12. The molecular weight excluding hydrogens is 212 g/mol. The summed E-state index contributed by atoms with van der Waals surface area (Å²) in [4.78, 5) is 12.9. The maximum atomic E-state index is 12.3. The molecule has 0 saturated heterocycles. The van der Waals surface area contributed by atoms with Crippen molar-refractivity contribution in [2.75, 3.05) is 12.8 Å². The third-order valence-electron chi connectivity index (χ3n) is 1.63. The Bertz CT molecular complexity index is 397. The number of ether oxygens (including phenoxy) is 1. The molecule has 82 valence electrons. The molecule has 0 saturated carbocycles. The molecule has 0 unspecified atom stereocenters. The Morgan fingerprint density at radius 3 is 2.67 bits per heavy atom. The second-order valence-electron chi connectivity index (χ2n) is 2.54. The quantitative estimate of drug-likeness (QED) is 0.614. The van der Waals surface area contributed by atoms with Crippen molar-refractivity contribution in [2.45, 2.75) is 6.43 Å². The zero-order valence-electron chi connectivity index (χ0n) is 7.61. The molecule has 1 aromatic heterocycles. The SMILES string of the molecule is COc1cc(C(F)F)nc(N)c1[N+](=O)[O-]. The van der Waals surface area contributed by atoms with Crippen molar-refractivity contribution in [1.29, 1.82) is 0 Å². The number of alkyl halides is 2. The second-order valence-corrected chi connectivity index (χ2v) is 2.54. The van der Waals surface area contributed by atoms with Crippen molar-refractivity contribution in [3.8, 4) is 5.75 Å². The summed E-state index contributed by atoms with van der Waals surface area (Å²) < 4.78 is 29.1. The molecule has 8 heteroatoms. The van der Waals surface area contributed by atoms with Crippen LogP contribution in [-0.2, 0) is 0 Å². The van der Waals surface area contributed by atoms with Crippen LogP contribution in [-0.4, -0.2) is 17.0 Å². The van der Waals surface area contributed by atoms with E-state index in [9.17, 15) is 18.9 Å². The number of nitrogen functional groups attached to an aromatic ring is 1. The summed E-state index contributed by atoms with van der Waals surface area (Å²) >= 11 is 0. The average molecular weight is 219 g/mol. The van der Waals surface area contributed by atoms with E-state index in [1.165, 1.54) is 0 Å². The van der Waals surface area contributed by atoms with Crippen LogP contribution < -0.4 is 10.5 Å². The van der Waals surface area contributed by atoms with Gasteiger partial charge in [-0.15, -0.1) is 0 Å². The molecule has 6 nitrogen and oxygen atoms in total. The Labute approximate surface area is 82.8 Å². The van der Waals surface area contributed by atoms with E-state index in [1.54, 1.807) is 0 Å².